The standard InChI is InChI=1S/C14H19Cl2NO3S/c1-9(2)7-17(10-3-4-10)21(19,20)13-6-5-12(15)11(8-18)14(13)16/h5-6,9-10,18H,3-4,7-8H2,1-2H3. The van der Waals surface area contributed by atoms with Crippen LogP contribution in [0.15, 0.2) is 17.0 Å². The number of halogens is 2. The quantitative estimate of drug-likeness (QED) is 0.855. The molecule has 2 rings (SSSR count). The maximum Gasteiger partial charge on any atom is 0.244 e. The summed E-state index contributed by atoms with van der Waals surface area (Å²) < 4.78 is 27.3. The Balaban J connectivity index is 2.47. The second-order valence-electron chi connectivity index (χ2n) is 5.70. The van der Waals surface area contributed by atoms with Crippen molar-refractivity contribution in [2.24, 2.45) is 5.92 Å². The van der Waals surface area contributed by atoms with Gasteiger partial charge in [-0.25, -0.2) is 8.42 Å². The maximum absolute atomic E-state index is 12.9. The Kier molecular flexibility index (Phi) is 5.21. The molecule has 21 heavy (non-hydrogen) atoms. The minimum atomic E-state index is -3.68. The van der Waals surface area contributed by atoms with Crippen LogP contribution in [0.5, 0.6) is 0 Å². The number of rotatable bonds is 6. The highest BCUT2D eigenvalue weighted by atomic mass is 35.5. The summed E-state index contributed by atoms with van der Waals surface area (Å²) in [7, 11) is -3.68. The predicted molar refractivity (Wildman–Crippen MR) is 84.1 cm³/mol. The minimum Gasteiger partial charge on any atom is -0.392 e. The molecule has 118 valence electrons. The third-order valence-electron chi connectivity index (χ3n) is 3.39. The molecule has 0 atom stereocenters. The van der Waals surface area contributed by atoms with Crippen LogP contribution in [0.1, 0.15) is 32.3 Å². The Morgan fingerprint density at radius 3 is 2.43 bits per heavy atom. The molecule has 1 aromatic rings. The largest absolute Gasteiger partial charge is 0.392 e. The lowest BCUT2D eigenvalue weighted by Gasteiger charge is -2.24. The van der Waals surface area contributed by atoms with Crippen molar-refractivity contribution in [3.63, 3.8) is 0 Å². The summed E-state index contributed by atoms with van der Waals surface area (Å²) in [6.07, 6.45) is 1.76. The van der Waals surface area contributed by atoms with E-state index in [1.165, 1.54) is 16.4 Å². The molecule has 0 amide bonds. The summed E-state index contributed by atoms with van der Waals surface area (Å²) in [6, 6.07) is 2.93. The second-order valence-corrected chi connectivity index (χ2v) is 8.34. The fourth-order valence-corrected chi connectivity index (χ4v) is 4.94. The molecule has 7 heteroatoms. The van der Waals surface area contributed by atoms with Crippen LogP contribution in [-0.4, -0.2) is 30.4 Å². The first-order valence-corrected chi connectivity index (χ1v) is 9.08. The van der Waals surface area contributed by atoms with Crippen LogP contribution in [0, 0.1) is 5.92 Å². The van der Waals surface area contributed by atoms with Crippen molar-refractivity contribution in [3.05, 3.63) is 27.7 Å². The first-order chi connectivity index (χ1) is 9.78. The lowest BCUT2D eigenvalue weighted by Crippen LogP contribution is -2.36. The third kappa shape index (κ3) is 3.54. The molecule has 1 aromatic carbocycles. The van der Waals surface area contributed by atoms with Crippen molar-refractivity contribution in [1.29, 1.82) is 0 Å². The van der Waals surface area contributed by atoms with E-state index in [1.807, 2.05) is 13.8 Å². The first kappa shape index (κ1) is 17.0. The predicted octanol–water partition coefficient (Wildman–Crippen LogP) is 3.29. The Morgan fingerprint density at radius 1 is 1.33 bits per heavy atom. The van der Waals surface area contributed by atoms with Crippen LogP contribution in [0.4, 0.5) is 0 Å². The number of benzene rings is 1. The highest BCUT2D eigenvalue weighted by Gasteiger charge is 2.39. The smallest absolute Gasteiger partial charge is 0.244 e. The molecule has 4 nitrogen and oxygen atoms in total. The zero-order chi connectivity index (χ0) is 15.8. The van der Waals surface area contributed by atoms with Crippen LogP contribution >= 0.6 is 23.2 Å². The molecular weight excluding hydrogens is 333 g/mol. The van der Waals surface area contributed by atoms with Gasteiger partial charge in [0.15, 0.2) is 0 Å². The van der Waals surface area contributed by atoms with Gasteiger partial charge < -0.3 is 5.11 Å². The number of hydrogen-bond acceptors (Lipinski definition) is 3. The van der Waals surface area contributed by atoms with Gasteiger partial charge in [0, 0.05) is 23.2 Å². The topological polar surface area (TPSA) is 57.6 Å². The van der Waals surface area contributed by atoms with Gasteiger partial charge >= 0.3 is 0 Å². The van der Waals surface area contributed by atoms with Gasteiger partial charge in [-0.05, 0) is 30.9 Å². The summed E-state index contributed by atoms with van der Waals surface area (Å²) in [5, 5.41) is 9.60. The van der Waals surface area contributed by atoms with Crippen molar-refractivity contribution in [2.45, 2.75) is 44.2 Å². The van der Waals surface area contributed by atoms with E-state index in [0.717, 1.165) is 12.8 Å². The monoisotopic (exact) mass is 351 g/mol. The van der Waals surface area contributed by atoms with Crippen LogP contribution in [0.25, 0.3) is 0 Å². The van der Waals surface area contributed by atoms with Gasteiger partial charge in [0.05, 0.1) is 11.6 Å². The molecule has 0 heterocycles. The van der Waals surface area contributed by atoms with Gasteiger partial charge in [-0.15, -0.1) is 0 Å². The van der Waals surface area contributed by atoms with Crippen molar-refractivity contribution >= 4 is 33.2 Å². The average Bonchev–Trinajstić information content (AvgIpc) is 3.20. The van der Waals surface area contributed by atoms with Gasteiger partial charge in [-0.3, -0.25) is 0 Å². The molecule has 1 saturated carbocycles. The average molecular weight is 352 g/mol. The minimum absolute atomic E-state index is 0.0133. The van der Waals surface area contributed by atoms with Crippen molar-refractivity contribution in [2.75, 3.05) is 6.54 Å². The Morgan fingerprint density at radius 2 is 1.95 bits per heavy atom. The zero-order valence-corrected chi connectivity index (χ0v) is 14.3. The molecule has 1 fully saturated rings. The van der Waals surface area contributed by atoms with E-state index in [0.29, 0.717) is 6.54 Å². The molecule has 0 spiro atoms. The summed E-state index contributed by atoms with van der Waals surface area (Å²) in [4.78, 5) is 0.0187. The molecule has 0 radical (unpaired) electrons. The molecule has 0 aromatic heterocycles. The van der Waals surface area contributed by atoms with E-state index in [1.54, 1.807) is 0 Å². The molecule has 0 bridgehead atoms. The number of aliphatic hydroxyl groups excluding tert-OH is 1. The molecule has 1 aliphatic carbocycles. The van der Waals surface area contributed by atoms with E-state index < -0.39 is 16.6 Å². The molecule has 0 aliphatic heterocycles. The lowest BCUT2D eigenvalue weighted by molar-refractivity contribution is 0.281. The normalized spacial score (nSPS) is 16.0. The molecule has 0 unspecified atom stereocenters. The van der Waals surface area contributed by atoms with E-state index >= 15 is 0 Å². The van der Waals surface area contributed by atoms with Gasteiger partial charge in [-0.2, -0.15) is 4.31 Å². The van der Waals surface area contributed by atoms with Gasteiger partial charge in [0.2, 0.25) is 10.0 Å². The number of aliphatic hydroxyl groups is 1. The van der Waals surface area contributed by atoms with Crippen LogP contribution in [0.2, 0.25) is 10.0 Å². The second kappa shape index (κ2) is 6.42. The summed E-state index contributed by atoms with van der Waals surface area (Å²) in [6.45, 7) is 4.02. The fraction of sp³-hybridized carbons (Fsp3) is 0.571. The third-order valence-corrected chi connectivity index (χ3v) is 6.25. The van der Waals surface area contributed by atoms with E-state index in [-0.39, 0.29) is 32.5 Å². The van der Waals surface area contributed by atoms with Crippen LogP contribution < -0.4 is 0 Å². The maximum atomic E-state index is 12.9. The lowest BCUT2D eigenvalue weighted by atomic mass is 10.2. The fourth-order valence-electron chi connectivity index (χ4n) is 2.21. The van der Waals surface area contributed by atoms with Crippen molar-refractivity contribution in [1.82, 2.24) is 4.31 Å². The van der Waals surface area contributed by atoms with Crippen LogP contribution in [0.3, 0.4) is 0 Å². The summed E-state index contributed by atoms with van der Waals surface area (Å²) >= 11 is 12.1. The van der Waals surface area contributed by atoms with E-state index in [2.05, 4.69) is 0 Å². The van der Waals surface area contributed by atoms with E-state index in [9.17, 15) is 13.5 Å². The number of sulfonamides is 1. The highest BCUT2D eigenvalue weighted by molar-refractivity contribution is 7.89. The Bertz CT molecular complexity index is 627. The van der Waals surface area contributed by atoms with Gasteiger partial charge in [-0.1, -0.05) is 37.0 Å². The Hall–Kier alpha value is -0.330. The first-order valence-electron chi connectivity index (χ1n) is 6.88. The molecular formula is C14H19Cl2NO3S. The summed E-state index contributed by atoms with van der Waals surface area (Å²) in [5.41, 5.74) is 0.250. The highest BCUT2D eigenvalue weighted by Crippen LogP contribution is 2.37. The Labute approximate surface area is 135 Å². The van der Waals surface area contributed by atoms with Crippen molar-refractivity contribution in [3.8, 4) is 0 Å². The number of nitrogens with zero attached hydrogens (tertiary/aromatic N) is 1. The molecule has 1 aliphatic rings. The molecule has 0 saturated heterocycles. The summed E-state index contributed by atoms with van der Waals surface area (Å²) in [5.74, 6) is 0.226. The zero-order valence-electron chi connectivity index (χ0n) is 12.0. The SMILES string of the molecule is CC(C)CN(C1CC1)S(=O)(=O)c1ccc(Cl)c(CO)c1Cl. The van der Waals surface area contributed by atoms with Crippen LogP contribution in [-0.2, 0) is 16.6 Å². The van der Waals surface area contributed by atoms with Gasteiger partial charge in [0.1, 0.15) is 4.90 Å². The van der Waals surface area contributed by atoms with Gasteiger partial charge in [0.25, 0.3) is 0 Å². The van der Waals surface area contributed by atoms with Crippen molar-refractivity contribution < 1.29 is 13.5 Å². The molecule has 1 N–H and O–H groups in total. The van der Waals surface area contributed by atoms with E-state index in [4.69, 9.17) is 23.2 Å². The number of hydrogen-bond donors (Lipinski definition) is 1.